The van der Waals surface area contributed by atoms with Gasteiger partial charge in [-0.05, 0) is 31.9 Å². The smallest absolute Gasteiger partial charge is 0.227 e. The number of halogens is 1. The molecule has 1 heterocycles. The highest BCUT2D eigenvalue weighted by molar-refractivity contribution is 5.50. The average Bonchev–Trinajstić information content (AvgIpc) is 2.43. The van der Waals surface area contributed by atoms with E-state index in [1.165, 1.54) is 18.5 Å². The first-order valence-corrected chi connectivity index (χ1v) is 6.67. The largest absolute Gasteiger partial charge is 0.438 e. The number of nitrogens with zero attached hydrogens (tertiary/aromatic N) is 2. The molecule has 1 N–H and O–H groups in total. The number of hydrogen-bond donors (Lipinski definition) is 1. The monoisotopic (exact) mass is 275 g/mol. The van der Waals surface area contributed by atoms with E-state index in [9.17, 15) is 4.39 Å². The third-order valence-corrected chi connectivity index (χ3v) is 2.96. The lowest BCUT2D eigenvalue weighted by Gasteiger charge is -2.14. The molecule has 0 aliphatic heterocycles. The summed E-state index contributed by atoms with van der Waals surface area (Å²) in [6, 6.07) is 4.46. The standard InChI is InChI=1S/C15H18FN3O/c1-4-12-14(17-5-2)18-9-19-15(12)20-13-8-11(16)7-6-10(13)3/h6-9H,4-5H2,1-3H3,(H,17,18,19). The summed E-state index contributed by atoms with van der Waals surface area (Å²) >= 11 is 0. The summed E-state index contributed by atoms with van der Waals surface area (Å²) < 4.78 is 19.1. The van der Waals surface area contributed by atoms with Crippen molar-refractivity contribution in [3.63, 3.8) is 0 Å². The molecule has 2 aromatic rings. The molecule has 0 saturated carbocycles. The Kier molecular flexibility index (Phi) is 4.50. The van der Waals surface area contributed by atoms with Crippen molar-refractivity contribution < 1.29 is 9.13 Å². The number of benzene rings is 1. The van der Waals surface area contributed by atoms with Crippen LogP contribution >= 0.6 is 0 Å². The second kappa shape index (κ2) is 6.32. The highest BCUT2D eigenvalue weighted by Crippen LogP contribution is 2.29. The van der Waals surface area contributed by atoms with Crippen LogP contribution in [-0.4, -0.2) is 16.5 Å². The predicted molar refractivity (Wildman–Crippen MR) is 76.8 cm³/mol. The highest BCUT2D eigenvalue weighted by Gasteiger charge is 2.12. The van der Waals surface area contributed by atoms with Gasteiger partial charge < -0.3 is 10.1 Å². The van der Waals surface area contributed by atoms with Crippen molar-refractivity contribution in [2.45, 2.75) is 27.2 Å². The minimum absolute atomic E-state index is 0.329. The number of rotatable bonds is 5. The summed E-state index contributed by atoms with van der Waals surface area (Å²) in [4.78, 5) is 8.37. The van der Waals surface area contributed by atoms with Gasteiger partial charge in [0.1, 0.15) is 23.7 Å². The summed E-state index contributed by atoms with van der Waals surface area (Å²) in [7, 11) is 0. The van der Waals surface area contributed by atoms with Gasteiger partial charge in [-0.3, -0.25) is 0 Å². The fourth-order valence-corrected chi connectivity index (χ4v) is 1.91. The molecule has 0 saturated heterocycles. The first-order valence-electron chi connectivity index (χ1n) is 6.67. The number of nitrogens with one attached hydrogen (secondary N) is 1. The summed E-state index contributed by atoms with van der Waals surface area (Å²) in [6.45, 7) is 6.64. The van der Waals surface area contributed by atoms with Gasteiger partial charge in [-0.2, -0.15) is 0 Å². The molecule has 0 radical (unpaired) electrons. The van der Waals surface area contributed by atoms with Crippen LogP contribution in [0.3, 0.4) is 0 Å². The van der Waals surface area contributed by atoms with Crippen LogP contribution in [-0.2, 0) is 6.42 Å². The first kappa shape index (κ1) is 14.2. The van der Waals surface area contributed by atoms with E-state index in [-0.39, 0.29) is 5.82 Å². The molecule has 4 nitrogen and oxygen atoms in total. The third kappa shape index (κ3) is 3.04. The van der Waals surface area contributed by atoms with Crippen LogP contribution in [0.2, 0.25) is 0 Å². The average molecular weight is 275 g/mol. The molecule has 0 bridgehead atoms. The lowest BCUT2D eigenvalue weighted by atomic mass is 10.2. The Bertz CT molecular complexity index is 602. The normalized spacial score (nSPS) is 10.4. The van der Waals surface area contributed by atoms with Gasteiger partial charge in [0.25, 0.3) is 0 Å². The van der Waals surface area contributed by atoms with Gasteiger partial charge in [-0.1, -0.05) is 13.0 Å². The van der Waals surface area contributed by atoms with Gasteiger partial charge >= 0.3 is 0 Å². The Hall–Kier alpha value is -2.17. The molecular formula is C15H18FN3O. The van der Waals surface area contributed by atoms with E-state index >= 15 is 0 Å². The number of ether oxygens (including phenoxy) is 1. The zero-order valence-corrected chi connectivity index (χ0v) is 11.9. The molecule has 2 rings (SSSR count). The topological polar surface area (TPSA) is 47.0 Å². The van der Waals surface area contributed by atoms with Crippen molar-refractivity contribution in [2.75, 3.05) is 11.9 Å². The van der Waals surface area contributed by atoms with Gasteiger partial charge in [-0.15, -0.1) is 0 Å². The SMILES string of the molecule is CCNc1ncnc(Oc2cc(F)ccc2C)c1CC. The second-order valence-electron chi connectivity index (χ2n) is 4.40. The number of aryl methyl sites for hydroxylation is 1. The Labute approximate surface area is 118 Å². The van der Waals surface area contributed by atoms with E-state index in [0.29, 0.717) is 11.6 Å². The van der Waals surface area contributed by atoms with E-state index in [1.54, 1.807) is 6.07 Å². The van der Waals surface area contributed by atoms with E-state index < -0.39 is 0 Å². The molecule has 106 valence electrons. The van der Waals surface area contributed by atoms with Gasteiger partial charge in [0.15, 0.2) is 0 Å². The molecule has 0 spiro atoms. The van der Waals surface area contributed by atoms with Gasteiger partial charge in [-0.25, -0.2) is 14.4 Å². The van der Waals surface area contributed by atoms with Crippen LogP contribution < -0.4 is 10.1 Å². The molecule has 5 heteroatoms. The summed E-state index contributed by atoms with van der Waals surface area (Å²) in [5.41, 5.74) is 1.75. The maximum Gasteiger partial charge on any atom is 0.227 e. The van der Waals surface area contributed by atoms with Crippen molar-refractivity contribution in [1.29, 1.82) is 0 Å². The van der Waals surface area contributed by atoms with Crippen LogP contribution in [0.25, 0.3) is 0 Å². The predicted octanol–water partition coefficient (Wildman–Crippen LogP) is 3.71. The summed E-state index contributed by atoms with van der Waals surface area (Å²) in [5, 5.41) is 3.17. The molecule has 1 aromatic carbocycles. The van der Waals surface area contributed by atoms with Gasteiger partial charge in [0.2, 0.25) is 5.88 Å². The quantitative estimate of drug-likeness (QED) is 0.903. The Morgan fingerprint density at radius 3 is 2.75 bits per heavy atom. The minimum atomic E-state index is -0.329. The molecule has 20 heavy (non-hydrogen) atoms. The zero-order valence-electron chi connectivity index (χ0n) is 11.9. The van der Waals surface area contributed by atoms with Gasteiger partial charge in [0, 0.05) is 12.6 Å². The molecule has 0 aliphatic rings. The molecule has 0 atom stereocenters. The van der Waals surface area contributed by atoms with Crippen molar-refractivity contribution in [2.24, 2.45) is 0 Å². The molecule has 0 unspecified atom stereocenters. The second-order valence-corrected chi connectivity index (χ2v) is 4.40. The molecular weight excluding hydrogens is 257 g/mol. The minimum Gasteiger partial charge on any atom is -0.438 e. The Morgan fingerprint density at radius 2 is 2.05 bits per heavy atom. The number of anilines is 1. The Balaban J connectivity index is 2.37. The molecule has 0 fully saturated rings. The van der Waals surface area contributed by atoms with Crippen LogP contribution in [0, 0.1) is 12.7 Å². The van der Waals surface area contributed by atoms with Crippen LogP contribution in [0.5, 0.6) is 11.6 Å². The summed E-state index contributed by atoms with van der Waals surface area (Å²) in [6.07, 6.45) is 2.17. The van der Waals surface area contributed by atoms with Crippen LogP contribution in [0.1, 0.15) is 25.0 Å². The highest BCUT2D eigenvalue weighted by atomic mass is 19.1. The molecule has 1 aromatic heterocycles. The fraction of sp³-hybridized carbons (Fsp3) is 0.333. The molecule has 0 amide bonds. The third-order valence-electron chi connectivity index (χ3n) is 2.96. The van der Waals surface area contributed by atoms with Crippen LogP contribution in [0.15, 0.2) is 24.5 Å². The lowest BCUT2D eigenvalue weighted by Crippen LogP contribution is -2.06. The van der Waals surface area contributed by atoms with Gasteiger partial charge in [0.05, 0.1) is 5.56 Å². The van der Waals surface area contributed by atoms with Crippen LogP contribution in [0.4, 0.5) is 10.2 Å². The fourth-order valence-electron chi connectivity index (χ4n) is 1.91. The maximum atomic E-state index is 13.3. The van der Waals surface area contributed by atoms with Crippen molar-refractivity contribution in [3.05, 3.63) is 41.5 Å². The van der Waals surface area contributed by atoms with E-state index in [0.717, 1.165) is 29.9 Å². The van der Waals surface area contributed by atoms with E-state index in [2.05, 4.69) is 15.3 Å². The van der Waals surface area contributed by atoms with Crippen molar-refractivity contribution in [1.82, 2.24) is 9.97 Å². The Morgan fingerprint density at radius 1 is 1.25 bits per heavy atom. The van der Waals surface area contributed by atoms with Crippen molar-refractivity contribution in [3.8, 4) is 11.6 Å². The van der Waals surface area contributed by atoms with Crippen molar-refractivity contribution >= 4 is 5.82 Å². The number of aromatic nitrogens is 2. The number of hydrogen-bond acceptors (Lipinski definition) is 4. The van der Waals surface area contributed by atoms with E-state index in [1.807, 2.05) is 20.8 Å². The maximum absolute atomic E-state index is 13.3. The zero-order chi connectivity index (χ0) is 14.5. The summed E-state index contributed by atoms with van der Waals surface area (Å²) in [5.74, 6) is 1.37. The van der Waals surface area contributed by atoms with E-state index in [4.69, 9.17) is 4.74 Å². The lowest BCUT2D eigenvalue weighted by molar-refractivity contribution is 0.447. The first-order chi connectivity index (χ1) is 9.65. The molecule has 0 aliphatic carbocycles.